The van der Waals surface area contributed by atoms with Crippen molar-refractivity contribution in [2.45, 2.75) is 63.5 Å². The van der Waals surface area contributed by atoms with Gasteiger partial charge >= 0.3 is 6.36 Å². The lowest BCUT2D eigenvalue weighted by Crippen LogP contribution is -2.46. The number of rotatable bonds is 9. The van der Waals surface area contributed by atoms with Gasteiger partial charge in [0, 0.05) is 30.7 Å². The molecular formula is C25H32F3N7O. The van der Waals surface area contributed by atoms with Gasteiger partial charge in [-0.15, -0.1) is 13.2 Å². The highest BCUT2D eigenvalue weighted by atomic mass is 19.4. The number of nitriles is 1. The summed E-state index contributed by atoms with van der Waals surface area (Å²) >= 11 is 0. The van der Waals surface area contributed by atoms with E-state index in [1.807, 2.05) is 0 Å². The number of nitrogens with one attached hydrogen (secondary N) is 4. The Bertz CT molecular complexity index is 1030. The number of nitrogens with zero attached hydrogens (tertiary/aromatic N) is 3. The summed E-state index contributed by atoms with van der Waals surface area (Å²) in [7, 11) is 0. The number of anilines is 2. The maximum atomic E-state index is 12.7. The largest absolute Gasteiger partial charge is 0.573 e. The lowest BCUT2D eigenvalue weighted by molar-refractivity contribution is -0.274. The van der Waals surface area contributed by atoms with Crippen molar-refractivity contribution in [1.29, 1.82) is 5.26 Å². The van der Waals surface area contributed by atoms with Crippen molar-refractivity contribution in [3.63, 3.8) is 0 Å². The second kappa shape index (κ2) is 12.2. The minimum Gasteiger partial charge on any atom is -0.405 e. The zero-order valence-corrected chi connectivity index (χ0v) is 20.1. The predicted molar refractivity (Wildman–Crippen MR) is 130 cm³/mol. The molecule has 0 amide bonds. The molecule has 2 aliphatic rings. The van der Waals surface area contributed by atoms with E-state index < -0.39 is 6.36 Å². The van der Waals surface area contributed by atoms with E-state index in [4.69, 9.17) is 0 Å². The molecular weight excluding hydrogens is 471 g/mol. The first-order valence-corrected chi connectivity index (χ1v) is 12.4. The minimum absolute atomic E-state index is 0.0334. The number of ether oxygens (including phenoxy) is 1. The van der Waals surface area contributed by atoms with E-state index in [2.05, 4.69) is 42.0 Å². The lowest BCUT2D eigenvalue weighted by atomic mass is 9.85. The highest BCUT2D eigenvalue weighted by Crippen LogP contribution is 2.28. The van der Waals surface area contributed by atoms with E-state index in [-0.39, 0.29) is 18.2 Å². The fourth-order valence-electron chi connectivity index (χ4n) is 4.83. The molecule has 8 nitrogen and oxygen atoms in total. The third-order valence-electron chi connectivity index (χ3n) is 6.76. The Morgan fingerprint density at radius 1 is 1.03 bits per heavy atom. The molecule has 0 bridgehead atoms. The summed E-state index contributed by atoms with van der Waals surface area (Å²) in [6, 6.07) is 9.17. The average molecular weight is 504 g/mol. The van der Waals surface area contributed by atoms with Crippen LogP contribution in [0.4, 0.5) is 24.9 Å². The van der Waals surface area contributed by atoms with E-state index in [1.165, 1.54) is 37.2 Å². The van der Waals surface area contributed by atoms with Crippen LogP contribution in [-0.2, 0) is 6.54 Å². The van der Waals surface area contributed by atoms with Gasteiger partial charge in [-0.25, -0.2) is 4.98 Å². The molecule has 1 aliphatic heterocycles. The maximum Gasteiger partial charge on any atom is 0.573 e. The molecule has 2 fully saturated rings. The van der Waals surface area contributed by atoms with Gasteiger partial charge in [0.05, 0.1) is 6.20 Å². The Morgan fingerprint density at radius 3 is 2.47 bits per heavy atom. The smallest absolute Gasteiger partial charge is 0.405 e. The van der Waals surface area contributed by atoms with Crippen molar-refractivity contribution < 1.29 is 17.9 Å². The minimum atomic E-state index is -4.78. The van der Waals surface area contributed by atoms with Gasteiger partial charge in [0.15, 0.2) is 0 Å². The molecule has 4 N–H and O–H groups in total. The molecule has 1 aromatic heterocycles. The fourth-order valence-corrected chi connectivity index (χ4v) is 4.83. The van der Waals surface area contributed by atoms with Crippen molar-refractivity contribution in [1.82, 2.24) is 20.6 Å². The lowest BCUT2D eigenvalue weighted by Gasteiger charge is -2.34. The third-order valence-corrected chi connectivity index (χ3v) is 6.76. The van der Waals surface area contributed by atoms with E-state index in [0.717, 1.165) is 38.8 Å². The van der Waals surface area contributed by atoms with E-state index >= 15 is 0 Å². The quantitative estimate of drug-likeness (QED) is 0.404. The Balaban J connectivity index is 1.29. The van der Waals surface area contributed by atoms with Crippen LogP contribution in [0.2, 0.25) is 0 Å². The second-order valence-electron chi connectivity index (χ2n) is 9.37. The number of para-hydroxylation sites is 1. The summed E-state index contributed by atoms with van der Waals surface area (Å²) in [6.45, 7) is 2.91. The van der Waals surface area contributed by atoms with Crippen molar-refractivity contribution >= 4 is 11.8 Å². The molecule has 2 heterocycles. The Labute approximate surface area is 209 Å². The van der Waals surface area contributed by atoms with Gasteiger partial charge in [-0.2, -0.15) is 10.2 Å². The van der Waals surface area contributed by atoms with Crippen LogP contribution >= 0.6 is 0 Å². The summed E-state index contributed by atoms with van der Waals surface area (Å²) in [5.41, 5.74) is 0.634. The molecule has 0 radical (unpaired) electrons. The van der Waals surface area contributed by atoms with Crippen molar-refractivity contribution in [2.24, 2.45) is 5.92 Å². The van der Waals surface area contributed by atoms with Crippen molar-refractivity contribution in [3.05, 3.63) is 41.6 Å². The molecule has 36 heavy (non-hydrogen) atoms. The van der Waals surface area contributed by atoms with Crippen molar-refractivity contribution in [3.8, 4) is 11.8 Å². The van der Waals surface area contributed by atoms with Gasteiger partial charge in [-0.3, -0.25) is 0 Å². The Morgan fingerprint density at radius 2 is 1.75 bits per heavy atom. The zero-order chi connectivity index (χ0) is 25.4. The fraction of sp³-hybridized carbons (Fsp3) is 0.560. The van der Waals surface area contributed by atoms with E-state index in [0.29, 0.717) is 41.5 Å². The summed E-state index contributed by atoms with van der Waals surface area (Å²) in [5.74, 6) is 0.841. The molecule has 4 rings (SSSR count). The summed E-state index contributed by atoms with van der Waals surface area (Å²) in [4.78, 5) is 8.53. The first-order chi connectivity index (χ1) is 17.4. The van der Waals surface area contributed by atoms with Crippen LogP contribution in [-0.4, -0.2) is 48.0 Å². The first kappa shape index (κ1) is 26.0. The van der Waals surface area contributed by atoms with Crippen LogP contribution in [0.25, 0.3) is 0 Å². The van der Waals surface area contributed by atoms with Gasteiger partial charge in [0.25, 0.3) is 0 Å². The van der Waals surface area contributed by atoms with Crippen LogP contribution in [0.5, 0.6) is 5.75 Å². The number of halogens is 3. The molecule has 194 valence electrons. The molecule has 1 saturated heterocycles. The standard InChI is InChI=1S/C25H32F3N7O/c26-25(27,28)36-22-4-2-1-3-18(22)15-32-24-33-16-19(13-29)23(35-24)31-14-17-5-7-20(8-6-17)34-21-9-11-30-12-10-21/h1-4,16-17,20-21,30,34H,5-12,14-15H2,(H2,31,32,33,35). The summed E-state index contributed by atoms with van der Waals surface area (Å²) < 4.78 is 42.1. The number of hydrogen-bond donors (Lipinski definition) is 4. The second-order valence-corrected chi connectivity index (χ2v) is 9.37. The normalized spacial score (nSPS) is 20.9. The van der Waals surface area contributed by atoms with Gasteiger partial charge in [-0.1, -0.05) is 18.2 Å². The van der Waals surface area contributed by atoms with Crippen molar-refractivity contribution in [2.75, 3.05) is 30.3 Å². The average Bonchev–Trinajstić information content (AvgIpc) is 2.87. The van der Waals surface area contributed by atoms with E-state index in [1.54, 1.807) is 6.07 Å². The first-order valence-electron chi connectivity index (χ1n) is 12.4. The summed E-state index contributed by atoms with van der Waals surface area (Å²) in [6.07, 6.45) is 3.48. The van der Waals surface area contributed by atoms with Gasteiger partial charge < -0.3 is 26.0 Å². The van der Waals surface area contributed by atoms with Gasteiger partial charge in [0.2, 0.25) is 5.95 Å². The number of aromatic nitrogens is 2. The number of benzene rings is 1. The molecule has 0 unspecified atom stereocenters. The molecule has 0 atom stereocenters. The third kappa shape index (κ3) is 7.70. The number of piperidine rings is 1. The highest BCUT2D eigenvalue weighted by Gasteiger charge is 2.32. The van der Waals surface area contributed by atoms with Crippen LogP contribution in [0.3, 0.4) is 0 Å². The summed E-state index contributed by atoms with van der Waals surface area (Å²) in [5, 5.41) is 22.9. The van der Waals surface area contributed by atoms with Gasteiger partial charge in [0.1, 0.15) is 23.2 Å². The molecule has 1 aromatic carbocycles. The molecule has 11 heteroatoms. The van der Waals surface area contributed by atoms with Crippen LogP contribution in [0, 0.1) is 17.2 Å². The Hall–Kier alpha value is -3.10. The molecule has 0 spiro atoms. The Kier molecular flexibility index (Phi) is 8.83. The van der Waals surface area contributed by atoms with E-state index in [9.17, 15) is 18.4 Å². The monoisotopic (exact) mass is 503 g/mol. The maximum absolute atomic E-state index is 12.7. The number of hydrogen-bond acceptors (Lipinski definition) is 8. The molecule has 1 saturated carbocycles. The zero-order valence-electron chi connectivity index (χ0n) is 20.1. The highest BCUT2D eigenvalue weighted by molar-refractivity contribution is 5.53. The predicted octanol–water partition coefficient (Wildman–Crippen LogP) is 4.17. The van der Waals surface area contributed by atoms with Gasteiger partial charge in [-0.05, 0) is 63.6 Å². The number of alkyl halides is 3. The van der Waals surface area contributed by atoms with Crippen LogP contribution in [0.1, 0.15) is 49.7 Å². The van der Waals surface area contributed by atoms with Crippen LogP contribution < -0.4 is 26.0 Å². The SMILES string of the molecule is N#Cc1cnc(NCc2ccccc2OC(F)(F)F)nc1NCC1CCC(NC2CCNCC2)CC1. The molecule has 2 aromatic rings. The molecule has 1 aliphatic carbocycles. The topological polar surface area (TPSA) is 107 Å². The van der Waals surface area contributed by atoms with Crippen LogP contribution in [0.15, 0.2) is 30.5 Å².